The fourth-order valence-electron chi connectivity index (χ4n) is 1.90. The molecule has 0 heterocycles. The maximum atomic E-state index is 12.2. The van der Waals surface area contributed by atoms with Gasteiger partial charge in [0.1, 0.15) is 0 Å². The molecule has 1 aromatic rings. The lowest BCUT2D eigenvalue weighted by molar-refractivity contribution is 0.326. The molecule has 0 amide bonds. The average Bonchev–Trinajstić information content (AvgIpc) is 2.37. The number of nitrogens with one attached hydrogen (secondary N) is 1. The van der Waals surface area contributed by atoms with Crippen LogP contribution in [0.5, 0.6) is 0 Å². The van der Waals surface area contributed by atoms with Crippen molar-refractivity contribution >= 4 is 10.0 Å². The van der Waals surface area contributed by atoms with Crippen molar-refractivity contribution in [1.29, 1.82) is 0 Å². The highest BCUT2D eigenvalue weighted by Gasteiger charge is 2.21. The molecule has 0 spiro atoms. The summed E-state index contributed by atoms with van der Waals surface area (Å²) in [4.78, 5) is 0.324. The van der Waals surface area contributed by atoms with Gasteiger partial charge in [-0.1, -0.05) is 37.6 Å². The van der Waals surface area contributed by atoms with Gasteiger partial charge < -0.3 is 0 Å². The fourth-order valence-corrected chi connectivity index (χ4v) is 3.15. The Bertz CT molecular complexity index is 530. The molecule has 0 unspecified atom stereocenters. The summed E-state index contributed by atoms with van der Waals surface area (Å²) < 4.78 is 27.1. The first kappa shape index (κ1) is 16.9. The van der Waals surface area contributed by atoms with Gasteiger partial charge in [0.25, 0.3) is 0 Å². The van der Waals surface area contributed by atoms with Crippen LogP contribution in [-0.4, -0.2) is 15.0 Å². The molecule has 0 radical (unpaired) electrons. The molecule has 1 rings (SSSR count). The van der Waals surface area contributed by atoms with Gasteiger partial charge in [0, 0.05) is 6.54 Å². The van der Waals surface area contributed by atoms with Crippen LogP contribution in [0.15, 0.2) is 41.8 Å². The highest BCUT2D eigenvalue weighted by molar-refractivity contribution is 7.89. The Morgan fingerprint density at radius 2 is 1.85 bits per heavy atom. The van der Waals surface area contributed by atoms with Crippen molar-refractivity contribution in [2.24, 2.45) is 5.41 Å². The van der Waals surface area contributed by atoms with Crippen molar-refractivity contribution in [1.82, 2.24) is 4.72 Å². The molecule has 0 aliphatic carbocycles. The molecule has 112 valence electrons. The zero-order valence-corrected chi connectivity index (χ0v) is 13.5. The van der Waals surface area contributed by atoms with E-state index in [2.05, 4.69) is 25.1 Å². The molecule has 0 aliphatic heterocycles. The van der Waals surface area contributed by atoms with Crippen LogP contribution in [0.4, 0.5) is 0 Å². The maximum absolute atomic E-state index is 12.2. The van der Waals surface area contributed by atoms with E-state index in [1.165, 1.54) is 0 Å². The standard InChI is InChI=1S/C16H25NO2S/c1-5-6-7-12-16(3,4)13-17-20(18,19)15-10-8-14(2)9-11-15/h5,8-11,17H,1,6-7,12-13H2,2-4H3. The zero-order valence-electron chi connectivity index (χ0n) is 12.6. The minimum Gasteiger partial charge on any atom is -0.211 e. The minimum absolute atomic E-state index is 0.0548. The summed E-state index contributed by atoms with van der Waals surface area (Å²) in [5.74, 6) is 0. The SMILES string of the molecule is C=CCCCC(C)(C)CNS(=O)(=O)c1ccc(C)cc1. The first-order valence-electron chi connectivity index (χ1n) is 6.94. The monoisotopic (exact) mass is 295 g/mol. The Labute approximate surface area is 123 Å². The Morgan fingerprint density at radius 3 is 2.40 bits per heavy atom. The van der Waals surface area contributed by atoms with Crippen LogP contribution in [0.3, 0.4) is 0 Å². The summed E-state index contributed by atoms with van der Waals surface area (Å²) in [5.41, 5.74) is 0.995. The van der Waals surface area contributed by atoms with Gasteiger partial charge in [-0.05, 0) is 43.7 Å². The number of hydrogen-bond acceptors (Lipinski definition) is 2. The summed E-state index contributed by atoms with van der Waals surface area (Å²) in [6.07, 6.45) is 4.86. The van der Waals surface area contributed by atoms with Crippen molar-refractivity contribution in [2.45, 2.75) is 44.9 Å². The number of rotatable bonds is 8. The van der Waals surface area contributed by atoms with Gasteiger partial charge in [0.2, 0.25) is 10.0 Å². The van der Waals surface area contributed by atoms with Crippen LogP contribution < -0.4 is 4.72 Å². The van der Waals surface area contributed by atoms with E-state index < -0.39 is 10.0 Å². The van der Waals surface area contributed by atoms with Crippen LogP contribution in [0.1, 0.15) is 38.7 Å². The van der Waals surface area contributed by atoms with Crippen molar-refractivity contribution in [3.8, 4) is 0 Å². The van der Waals surface area contributed by atoms with Gasteiger partial charge in [0.05, 0.1) is 4.90 Å². The van der Waals surface area contributed by atoms with E-state index in [-0.39, 0.29) is 5.41 Å². The van der Waals surface area contributed by atoms with E-state index >= 15 is 0 Å². The Hall–Kier alpha value is -1.13. The van der Waals surface area contributed by atoms with E-state index in [1.807, 2.05) is 25.1 Å². The second-order valence-electron chi connectivity index (χ2n) is 5.98. The van der Waals surface area contributed by atoms with Crippen LogP contribution >= 0.6 is 0 Å². The lowest BCUT2D eigenvalue weighted by atomic mass is 9.87. The number of aryl methyl sites for hydroxylation is 1. The van der Waals surface area contributed by atoms with Crippen molar-refractivity contribution in [3.63, 3.8) is 0 Å². The first-order valence-corrected chi connectivity index (χ1v) is 8.42. The van der Waals surface area contributed by atoms with E-state index in [4.69, 9.17) is 0 Å². The van der Waals surface area contributed by atoms with Crippen LogP contribution in [0.2, 0.25) is 0 Å². The van der Waals surface area contributed by atoms with Gasteiger partial charge in [-0.3, -0.25) is 0 Å². The minimum atomic E-state index is -3.41. The molecule has 0 aromatic heterocycles. The Kier molecular flexibility index (Phi) is 5.96. The molecular formula is C16H25NO2S. The summed E-state index contributed by atoms with van der Waals surface area (Å²) >= 11 is 0. The molecule has 0 saturated carbocycles. The largest absolute Gasteiger partial charge is 0.240 e. The molecule has 0 atom stereocenters. The predicted molar refractivity (Wildman–Crippen MR) is 84.2 cm³/mol. The number of unbranched alkanes of at least 4 members (excludes halogenated alkanes) is 1. The highest BCUT2D eigenvalue weighted by Crippen LogP contribution is 2.23. The Balaban J connectivity index is 2.63. The molecular weight excluding hydrogens is 270 g/mol. The fraction of sp³-hybridized carbons (Fsp3) is 0.500. The third-order valence-corrected chi connectivity index (χ3v) is 4.75. The Morgan fingerprint density at radius 1 is 1.25 bits per heavy atom. The second kappa shape index (κ2) is 7.04. The third-order valence-electron chi connectivity index (χ3n) is 3.33. The van der Waals surface area contributed by atoms with E-state index in [9.17, 15) is 8.42 Å². The molecule has 0 aliphatic rings. The maximum Gasteiger partial charge on any atom is 0.240 e. The third kappa shape index (κ3) is 5.47. The summed E-state index contributed by atoms with van der Waals surface area (Å²) in [6, 6.07) is 6.90. The van der Waals surface area contributed by atoms with Gasteiger partial charge in [-0.25, -0.2) is 13.1 Å². The summed E-state index contributed by atoms with van der Waals surface area (Å²) in [7, 11) is -3.41. The molecule has 0 saturated heterocycles. The molecule has 3 nitrogen and oxygen atoms in total. The predicted octanol–water partition coefficient (Wildman–Crippen LogP) is 3.66. The summed E-state index contributed by atoms with van der Waals surface area (Å²) in [5, 5.41) is 0. The van der Waals surface area contributed by atoms with E-state index in [0.717, 1.165) is 24.8 Å². The van der Waals surface area contributed by atoms with E-state index in [1.54, 1.807) is 12.1 Å². The number of sulfonamides is 1. The quantitative estimate of drug-likeness (QED) is 0.587. The zero-order chi connectivity index (χ0) is 15.2. The van der Waals surface area contributed by atoms with Crippen LogP contribution in [-0.2, 0) is 10.0 Å². The normalized spacial score (nSPS) is 12.3. The molecule has 1 aromatic carbocycles. The van der Waals surface area contributed by atoms with Crippen LogP contribution in [0.25, 0.3) is 0 Å². The molecule has 0 fully saturated rings. The van der Waals surface area contributed by atoms with Crippen molar-refractivity contribution < 1.29 is 8.42 Å². The smallest absolute Gasteiger partial charge is 0.211 e. The van der Waals surface area contributed by atoms with Crippen LogP contribution in [0, 0.1) is 12.3 Å². The van der Waals surface area contributed by atoms with Crippen molar-refractivity contribution in [3.05, 3.63) is 42.5 Å². The molecule has 0 bridgehead atoms. The molecule has 4 heteroatoms. The number of benzene rings is 1. The number of allylic oxidation sites excluding steroid dienone is 1. The van der Waals surface area contributed by atoms with Gasteiger partial charge in [-0.15, -0.1) is 6.58 Å². The van der Waals surface area contributed by atoms with Gasteiger partial charge in [0.15, 0.2) is 0 Å². The van der Waals surface area contributed by atoms with Crippen molar-refractivity contribution in [2.75, 3.05) is 6.54 Å². The first-order chi connectivity index (χ1) is 9.27. The lowest BCUT2D eigenvalue weighted by Gasteiger charge is -2.24. The highest BCUT2D eigenvalue weighted by atomic mass is 32.2. The van der Waals surface area contributed by atoms with Gasteiger partial charge in [-0.2, -0.15) is 0 Å². The molecule has 1 N–H and O–H groups in total. The number of hydrogen-bond donors (Lipinski definition) is 1. The lowest BCUT2D eigenvalue weighted by Crippen LogP contribution is -2.34. The second-order valence-corrected chi connectivity index (χ2v) is 7.75. The molecule has 20 heavy (non-hydrogen) atoms. The average molecular weight is 295 g/mol. The summed E-state index contributed by atoms with van der Waals surface area (Å²) in [6.45, 7) is 10.2. The van der Waals surface area contributed by atoms with E-state index in [0.29, 0.717) is 11.4 Å². The van der Waals surface area contributed by atoms with Gasteiger partial charge >= 0.3 is 0 Å². The topological polar surface area (TPSA) is 46.2 Å².